The number of rotatable bonds is 0. The van der Waals surface area contributed by atoms with Crippen LogP contribution in [0.4, 0.5) is 0 Å². The van der Waals surface area contributed by atoms with E-state index in [9.17, 15) is 0 Å². The number of hydrogen-bond donors (Lipinski definition) is 0. The average Bonchev–Trinajstić information content (AvgIpc) is 2.33. The van der Waals surface area contributed by atoms with Gasteiger partial charge in [-0.15, -0.1) is 0 Å². The van der Waals surface area contributed by atoms with Crippen LogP contribution in [-0.2, 0) is 9.71 Å². The molecule has 1 aromatic carbocycles. The first-order valence-corrected chi connectivity index (χ1v) is 4.96. The van der Waals surface area contributed by atoms with Crippen LogP contribution in [0.1, 0.15) is 5.56 Å². The van der Waals surface area contributed by atoms with Gasteiger partial charge in [0.15, 0.2) is 0 Å². The van der Waals surface area contributed by atoms with E-state index in [1.54, 1.807) is 0 Å². The fourth-order valence-corrected chi connectivity index (χ4v) is 2.80. The first-order chi connectivity index (χ1) is 4.47. The summed E-state index contributed by atoms with van der Waals surface area (Å²) in [4.78, 5) is 0. The van der Waals surface area contributed by atoms with Crippen LogP contribution in [0.5, 0.6) is 0 Å². The minimum atomic E-state index is -0.237. The Bertz CT molecular complexity index is 199. The van der Waals surface area contributed by atoms with Gasteiger partial charge in [0, 0.05) is 0 Å². The predicted molar refractivity (Wildman–Crippen MR) is 36.6 cm³/mol. The van der Waals surface area contributed by atoms with Gasteiger partial charge in [-0.05, 0) is 0 Å². The first kappa shape index (κ1) is 5.73. The van der Waals surface area contributed by atoms with Crippen LogP contribution in [0.25, 0.3) is 0 Å². The summed E-state index contributed by atoms with van der Waals surface area (Å²) in [5, 5.41) is 0. The molecule has 0 unspecified atom stereocenters. The summed E-state index contributed by atoms with van der Waals surface area (Å²) < 4.78 is 6.82. The topological polar surface area (TPSA) is 9.23 Å². The van der Waals surface area contributed by atoms with Gasteiger partial charge < -0.3 is 0 Å². The van der Waals surface area contributed by atoms with E-state index in [0.717, 1.165) is 6.61 Å². The fourth-order valence-electron chi connectivity index (χ4n) is 0.861. The molecule has 9 heavy (non-hydrogen) atoms. The third kappa shape index (κ3) is 0.986. The molecule has 0 atom stereocenters. The maximum atomic E-state index is 5.34. The second kappa shape index (κ2) is 2.30. The molecule has 1 nitrogen and oxygen atoms in total. The van der Waals surface area contributed by atoms with Crippen molar-refractivity contribution in [3.63, 3.8) is 0 Å². The third-order valence-corrected chi connectivity index (χ3v) is 3.66. The second-order valence-corrected chi connectivity index (χ2v) is 4.36. The summed E-state index contributed by atoms with van der Waals surface area (Å²) >= 11 is -0.237. The molecule has 0 saturated carbocycles. The van der Waals surface area contributed by atoms with Gasteiger partial charge in [-0.25, -0.2) is 0 Å². The van der Waals surface area contributed by atoms with Gasteiger partial charge in [0.1, 0.15) is 0 Å². The zero-order valence-corrected chi connectivity index (χ0v) is 7.16. The van der Waals surface area contributed by atoms with Crippen molar-refractivity contribution in [1.29, 1.82) is 0 Å². The molecule has 0 N–H and O–H groups in total. The Balaban J connectivity index is 2.54. The normalized spacial score (nSPS) is 15.6. The molecule has 0 amide bonds. The quantitative estimate of drug-likeness (QED) is 0.592. The van der Waals surface area contributed by atoms with Crippen LogP contribution in [0.2, 0.25) is 0 Å². The summed E-state index contributed by atoms with van der Waals surface area (Å²) in [5.41, 5.74) is 1.40. The van der Waals surface area contributed by atoms with Gasteiger partial charge in [-0.1, -0.05) is 0 Å². The first-order valence-electron chi connectivity index (χ1n) is 2.84. The van der Waals surface area contributed by atoms with E-state index in [2.05, 4.69) is 24.3 Å². The standard InChI is InChI=1S/C7H6OTe/c1-2-4-7-6(3-1)5-8-9-7/h1-4H,5H2. The van der Waals surface area contributed by atoms with Crippen molar-refractivity contribution in [1.82, 2.24) is 0 Å². The minimum absolute atomic E-state index is 0.237. The van der Waals surface area contributed by atoms with Crippen LogP contribution in [-0.4, -0.2) is 21.3 Å². The van der Waals surface area contributed by atoms with Crippen LogP contribution < -0.4 is 3.61 Å². The molecular formula is C7H6OTe. The fraction of sp³-hybridized carbons (Fsp3) is 0.143. The Labute approximate surface area is 64.6 Å². The van der Waals surface area contributed by atoms with Crippen LogP contribution in [0, 0.1) is 0 Å². The van der Waals surface area contributed by atoms with E-state index < -0.39 is 0 Å². The Morgan fingerprint density at radius 1 is 1.33 bits per heavy atom. The Morgan fingerprint density at radius 3 is 3.11 bits per heavy atom. The second-order valence-electron chi connectivity index (χ2n) is 1.95. The molecule has 1 aromatic rings. The molecule has 46 valence electrons. The molecule has 0 spiro atoms. The van der Waals surface area contributed by atoms with Gasteiger partial charge in [-0.3, -0.25) is 0 Å². The van der Waals surface area contributed by atoms with Crippen molar-refractivity contribution in [2.24, 2.45) is 0 Å². The van der Waals surface area contributed by atoms with Crippen molar-refractivity contribution in [2.45, 2.75) is 6.61 Å². The molecule has 0 radical (unpaired) electrons. The summed E-state index contributed by atoms with van der Waals surface area (Å²) in [5.74, 6) is 0. The molecule has 0 aliphatic carbocycles. The third-order valence-electron chi connectivity index (χ3n) is 1.34. The van der Waals surface area contributed by atoms with Crippen LogP contribution in [0.15, 0.2) is 24.3 Å². The van der Waals surface area contributed by atoms with Crippen molar-refractivity contribution in [2.75, 3.05) is 0 Å². The molecule has 0 aromatic heterocycles. The molecule has 2 heteroatoms. The molecule has 0 fully saturated rings. The van der Waals surface area contributed by atoms with Crippen molar-refractivity contribution in [3.05, 3.63) is 29.8 Å². The van der Waals surface area contributed by atoms with Crippen molar-refractivity contribution >= 4 is 24.9 Å². The molecule has 1 aliphatic heterocycles. The molecule has 1 aliphatic rings. The summed E-state index contributed by atoms with van der Waals surface area (Å²) in [6, 6.07) is 8.47. The SMILES string of the molecule is c1ccc2c(c1)CO[Te]2. The molecular weight excluding hydrogens is 228 g/mol. The predicted octanol–water partition coefficient (Wildman–Crippen LogP) is 0.461. The van der Waals surface area contributed by atoms with E-state index in [0.29, 0.717) is 0 Å². The Hall–Kier alpha value is -0.0304. The van der Waals surface area contributed by atoms with Crippen molar-refractivity contribution < 1.29 is 3.10 Å². The van der Waals surface area contributed by atoms with E-state index in [-0.39, 0.29) is 21.3 Å². The number of benzene rings is 1. The average molecular weight is 234 g/mol. The number of hydrogen-bond acceptors (Lipinski definition) is 1. The van der Waals surface area contributed by atoms with Gasteiger partial charge in [-0.2, -0.15) is 0 Å². The maximum absolute atomic E-state index is 5.34. The molecule has 1 heterocycles. The molecule has 2 rings (SSSR count). The summed E-state index contributed by atoms with van der Waals surface area (Å²) in [7, 11) is 0. The van der Waals surface area contributed by atoms with E-state index in [1.807, 2.05) is 0 Å². The van der Waals surface area contributed by atoms with Crippen LogP contribution >= 0.6 is 0 Å². The van der Waals surface area contributed by atoms with E-state index in [1.165, 1.54) is 9.17 Å². The van der Waals surface area contributed by atoms with Gasteiger partial charge in [0.2, 0.25) is 0 Å². The summed E-state index contributed by atoms with van der Waals surface area (Å²) in [6.45, 7) is 0.860. The molecule has 0 saturated heterocycles. The monoisotopic (exact) mass is 236 g/mol. The Morgan fingerprint density at radius 2 is 2.22 bits per heavy atom. The van der Waals surface area contributed by atoms with Gasteiger partial charge in [0.05, 0.1) is 0 Å². The van der Waals surface area contributed by atoms with Crippen LogP contribution in [0.3, 0.4) is 0 Å². The van der Waals surface area contributed by atoms with Gasteiger partial charge >= 0.3 is 64.5 Å². The molecule has 0 bridgehead atoms. The summed E-state index contributed by atoms with van der Waals surface area (Å²) in [6.07, 6.45) is 0. The van der Waals surface area contributed by atoms with Gasteiger partial charge in [0.25, 0.3) is 0 Å². The number of fused-ring (bicyclic) bond motifs is 1. The zero-order valence-electron chi connectivity index (χ0n) is 4.83. The van der Waals surface area contributed by atoms with E-state index >= 15 is 0 Å². The van der Waals surface area contributed by atoms with E-state index in [4.69, 9.17) is 3.10 Å². The van der Waals surface area contributed by atoms with Crippen molar-refractivity contribution in [3.8, 4) is 0 Å². The zero-order chi connectivity index (χ0) is 6.10. The Kier molecular flexibility index (Phi) is 1.47.